The monoisotopic (exact) mass is 349 g/mol. The van der Waals surface area contributed by atoms with Gasteiger partial charge in [0.25, 0.3) is 0 Å². The Bertz CT molecular complexity index is 906. The summed E-state index contributed by atoms with van der Waals surface area (Å²) in [6, 6.07) is 16.7. The highest BCUT2D eigenvalue weighted by Gasteiger charge is 2.27. The van der Waals surface area contributed by atoms with E-state index >= 15 is 0 Å². The molecular formula is C23H24FNO. The van der Waals surface area contributed by atoms with Gasteiger partial charge in [0.15, 0.2) is 6.29 Å². The molecule has 0 fully saturated rings. The number of nitrogens with zero attached hydrogens (tertiary/aromatic N) is 1. The van der Waals surface area contributed by atoms with Crippen molar-refractivity contribution in [2.24, 2.45) is 0 Å². The predicted octanol–water partition coefficient (Wildman–Crippen LogP) is 6.48. The maximum Gasteiger partial charge on any atom is 0.152 e. The van der Waals surface area contributed by atoms with Crippen LogP contribution in [0.2, 0.25) is 0 Å². The quantitative estimate of drug-likeness (QED) is 0.483. The summed E-state index contributed by atoms with van der Waals surface area (Å²) in [5, 5.41) is 0. The Hall–Kier alpha value is -2.68. The van der Waals surface area contributed by atoms with Gasteiger partial charge in [-0.15, -0.1) is 0 Å². The number of halogens is 1. The van der Waals surface area contributed by atoms with Gasteiger partial charge in [0.05, 0.1) is 5.69 Å². The summed E-state index contributed by atoms with van der Waals surface area (Å²) in [7, 11) is 0. The number of carbonyl (C=O) groups excluding carboxylic acids is 1. The van der Waals surface area contributed by atoms with E-state index in [1.807, 2.05) is 18.2 Å². The van der Waals surface area contributed by atoms with Crippen LogP contribution in [0.4, 0.5) is 4.39 Å². The van der Waals surface area contributed by atoms with Crippen LogP contribution in [0.25, 0.3) is 22.4 Å². The number of aldehydes is 1. The third-order valence-corrected chi connectivity index (χ3v) is 4.64. The number of rotatable bonds is 5. The fourth-order valence-corrected chi connectivity index (χ4v) is 3.66. The van der Waals surface area contributed by atoms with Crippen LogP contribution in [0.5, 0.6) is 0 Å². The summed E-state index contributed by atoms with van der Waals surface area (Å²) in [4.78, 5) is 12.1. The lowest BCUT2D eigenvalue weighted by molar-refractivity contribution is 0.112. The maximum atomic E-state index is 13.5. The van der Waals surface area contributed by atoms with Crippen molar-refractivity contribution in [3.05, 3.63) is 71.7 Å². The van der Waals surface area contributed by atoms with Gasteiger partial charge in [-0.25, -0.2) is 4.39 Å². The average molecular weight is 349 g/mol. The van der Waals surface area contributed by atoms with Crippen LogP contribution in [-0.4, -0.2) is 10.9 Å². The van der Waals surface area contributed by atoms with Crippen molar-refractivity contribution in [1.82, 2.24) is 4.57 Å². The molecule has 0 unspecified atom stereocenters. The second-order valence-electron chi connectivity index (χ2n) is 7.13. The molecule has 0 spiro atoms. The van der Waals surface area contributed by atoms with Gasteiger partial charge in [0.1, 0.15) is 5.82 Å². The lowest BCUT2D eigenvalue weighted by Crippen LogP contribution is -2.09. The standard InChI is InChI=1S/C23H24FNO/c1-15(2)22-20(14-26)21(17-10-12-19(24)13-11-17)23(25(22)16(3)4)18-8-6-5-7-9-18/h5-16H,1-4H3. The Labute approximate surface area is 154 Å². The molecule has 2 nitrogen and oxygen atoms in total. The minimum atomic E-state index is -0.282. The molecule has 3 rings (SSSR count). The zero-order chi connectivity index (χ0) is 18.8. The molecule has 134 valence electrons. The molecule has 0 aliphatic heterocycles. The predicted molar refractivity (Wildman–Crippen MR) is 105 cm³/mol. The molecule has 0 atom stereocenters. The van der Waals surface area contributed by atoms with Crippen molar-refractivity contribution < 1.29 is 9.18 Å². The number of aromatic nitrogens is 1. The molecule has 1 aromatic heterocycles. The summed E-state index contributed by atoms with van der Waals surface area (Å²) in [5.74, 6) is -0.0932. The Kier molecular flexibility index (Phi) is 5.08. The van der Waals surface area contributed by atoms with Crippen LogP contribution in [0.1, 0.15) is 55.7 Å². The topological polar surface area (TPSA) is 22.0 Å². The second-order valence-corrected chi connectivity index (χ2v) is 7.13. The van der Waals surface area contributed by atoms with E-state index in [1.165, 1.54) is 12.1 Å². The Balaban J connectivity index is 2.46. The second kappa shape index (κ2) is 7.28. The van der Waals surface area contributed by atoms with E-state index in [-0.39, 0.29) is 17.8 Å². The van der Waals surface area contributed by atoms with Crippen molar-refractivity contribution in [2.45, 2.75) is 39.7 Å². The van der Waals surface area contributed by atoms with E-state index in [0.29, 0.717) is 5.56 Å². The zero-order valence-electron chi connectivity index (χ0n) is 15.7. The first-order valence-corrected chi connectivity index (χ1v) is 9.00. The van der Waals surface area contributed by atoms with Crippen LogP contribution >= 0.6 is 0 Å². The largest absolute Gasteiger partial charge is 0.341 e. The van der Waals surface area contributed by atoms with Gasteiger partial charge in [-0.3, -0.25) is 4.79 Å². The average Bonchev–Trinajstić information content (AvgIpc) is 2.98. The summed E-state index contributed by atoms with van der Waals surface area (Å²) >= 11 is 0. The number of benzene rings is 2. The van der Waals surface area contributed by atoms with Crippen molar-refractivity contribution >= 4 is 6.29 Å². The zero-order valence-corrected chi connectivity index (χ0v) is 15.7. The summed E-state index contributed by atoms with van der Waals surface area (Å²) < 4.78 is 15.7. The molecule has 0 aliphatic carbocycles. The number of hydrogen-bond acceptors (Lipinski definition) is 1. The van der Waals surface area contributed by atoms with Gasteiger partial charge in [-0.1, -0.05) is 56.3 Å². The van der Waals surface area contributed by atoms with E-state index in [0.717, 1.165) is 34.4 Å². The van der Waals surface area contributed by atoms with Gasteiger partial charge in [0.2, 0.25) is 0 Å². The molecule has 0 N–H and O–H groups in total. The minimum Gasteiger partial charge on any atom is -0.341 e. The maximum absolute atomic E-state index is 13.5. The molecular weight excluding hydrogens is 325 g/mol. The van der Waals surface area contributed by atoms with Gasteiger partial charge in [0, 0.05) is 22.9 Å². The molecule has 2 aromatic carbocycles. The van der Waals surface area contributed by atoms with Gasteiger partial charge < -0.3 is 4.57 Å². The van der Waals surface area contributed by atoms with Crippen molar-refractivity contribution in [2.75, 3.05) is 0 Å². The fraction of sp³-hybridized carbons (Fsp3) is 0.261. The minimum absolute atomic E-state index is 0.189. The highest BCUT2D eigenvalue weighted by Crippen LogP contribution is 2.42. The molecule has 0 amide bonds. The van der Waals surface area contributed by atoms with Crippen LogP contribution in [0.3, 0.4) is 0 Å². The smallest absolute Gasteiger partial charge is 0.152 e. The third-order valence-electron chi connectivity index (χ3n) is 4.64. The molecule has 3 heteroatoms. The van der Waals surface area contributed by atoms with Crippen LogP contribution in [0, 0.1) is 5.82 Å². The van der Waals surface area contributed by atoms with E-state index in [1.54, 1.807) is 12.1 Å². The van der Waals surface area contributed by atoms with Crippen molar-refractivity contribution in [3.63, 3.8) is 0 Å². The van der Waals surface area contributed by atoms with E-state index < -0.39 is 0 Å². The van der Waals surface area contributed by atoms with Crippen LogP contribution in [-0.2, 0) is 0 Å². The molecule has 0 radical (unpaired) electrons. The lowest BCUT2D eigenvalue weighted by Gasteiger charge is -2.20. The highest BCUT2D eigenvalue weighted by molar-refractivity contribution is 5.97. The first kappa shape index (κ1) is 18.1. The number of carbonyl (C=O) groups is 1. The molecule has 0 saturated carbocycles. The summed E-state index contributed by atoms with van der Waals surface area (Å²) in [6.07, 6.45) is 0.944. The first-order chi connectivity index (χ1) is 12.5. The Morgan fingerprint density at radius 2 is 1.50 bits per heavy atom. The SMILES string of the molecule is CC(C)c1c(C=O)c(-c2ccc(F)cc2)c(-c2ccccc2)n1C(C)C. The molecule has 0 bridgehead atoms. The highest BCUT2D eigenvalue weighted by atomic mass is 19.1. The Morgan fingerprint density at radius 3 is 2.00 bits per heavy atom. The van der Waals surface area contributed by atoms with Crippen LogP contribution < -0.4 is 0 Å². The van der Waals surface area contributed by atoms with E-state index in [2.05, 4.69) is 44.4 Å². The third kappa shape index (κ3) is 3.10. The molecule has 0 aliphatic rings. The fourth-order valence-electron chi connectivity index (χ4n) is 3.66. The summed E-state index contributed by atoms with van der Waals surface area (Å²) in [6.45, 7) is 8.46. The molecule has 0 saturated heterocycles. The Morgan fingerprint density at radius 1 is 0.885 bits per heavy atom. The van der Waals surface area contributed by atoms with Gasteiger partial charge in [-0.2, -0.15) is 0 Å². The van der Waals surface area contributed by atoms with Gasteiger partial charge >= 0.3 is 0 Å². The van der Waals surface area contributed by atoms with Crippen molar-refractivity contribution in [3.8, 4) is 22.4 Å². The lowest BCUT2D eigenvalue weighted by atomic mass is 9.95. The summed E-state index contributed by atoms with van der Waals surface area (Å²) in [5.41, 5.74) is 5.51. The van der Waals surface area contributed by atoms with Crippen LogP contribution in [0.15, 0.2) is 54.6 Å². The molecule has 3 aromatic rings. The van der Waals surface area contributed by atoms with Gasteiger partial charge in [-0.05, 0) is 43.0 Å². The van der Waals surface area contributed by atoms with E-state index in [4.69, 9.17) is 0 Å². The molecule has 26 heavy (non-hydrogen) atoms. The number of hydrogen-bond donors (Lipinski definition) is 0. The first-order valence-electron chi connectivity index (χ1n) is 9.00. The normalized spacial score (nSPS) is 11.3. The van der Waals surface area contributed by atoms with Crippen molar-refractivity contribution in [1.29, 1.82) is 0 Å². The molecule has 1 heterocycles. The van der Waals surface area contributed by atoms with E-state index in [9.17, 15) is 9.18 Å².